The van der Waals surface area contributed by atoms with Gasteiger partial charge in [-0.25, -0.2) is 0 Å². The number of rotatable bonds is 1. The summed E-state index contributed by atoms with van der Waals surface area (Å²) >= 11 is 0.292. The minimum atomic E-state index is 0. The van der Waals surface area contributed by atoms with Gasteiger partial charge in [-0.2, -0.15) is 0 Å². The molecule has 0 nitrogen and oxygen atoms in total. The van der Waals surface area contributed by atoms with Gasteiger partial charge in [0.15, 0.2) is 0 Å². The van der Waals surface area contributed by atoms with E-state index in [0.29, 0.717) is 19.2 Å². The first kappa shape index (κ1) is 12.5. The summed E-state index contributed by atoms with van der Waals surface area (Å²) in [6.45, 7) is 0. The van der Waals surface area contributed by atoms with Crippen LogP contribution in [-0.2, 0) is 19.2 Å². The Morgan fingerprint density at radius 2 is 2.11 bits per heavy atom. The summed E-state index contributed by atoms with van der Waals surface area (Å²) < 4.78 is 1.68. The Kier molecular flexibility index (Phi) is 9.53. The molecule has 1 aliphatic carbocycles. The summed E-state index contributed by atoms with van der Waals surface area (Å²) in [6.07, 6.45) is 7.88. The van der Waals surface area contributed by atoms with Crippen molar-refractivity contribution in [3.63, 3.8) is 0 Å². The SMILES string of the molecule is [CH3][Ti+2][C]1=CC=CC1.[Cl-].[Cl-]. The maximum atomic E-state index is 2.32. The van der Waals surface area contributed by atoms with Gasteiger partial charge >= 0.3 is 52.9 Å². The second-order valence-electron chi connectivity index (χ2n) is 1.57. The van der Waals surface area contributed by atoms with Crippen molar-refractivity contribution in [3.8, 4) is 0 Å². The fourth-order valence-electron chi connectivity index (χ4n) is 0.633. The van der Waals surface area contributed by atoms with Gasteiger partial charge in [0, 0.05) is 0 Å². The molecule has 0 spiro atoms. The standard InChI is InChI=1S/C5H5.CH3.2ClH.Ti/c1-2-4-5-3-1;;;;/h1-3H,4H2;1H3;2*1H;/q;;;;+2/p-2. The van der Waals surface area contributed by atoms with E-state index in [4.69, 9.17) is 0 Å². The van der Waals surface area contributed by atoms with Crippen molar-refractivity contribution >= 4 is 0 Å². The van der Waals surface area contributed by atoms with Gasteiger partial charge in [-0.3, -0.25) is 0 Å². The Labute approximate surface area is 77.5 Å². The van der Waals surface area contributed by atoms with Gasteiger partial charge in [-0.05, 0) is 0 Å². The van der Waals surface area contributed by atoms with Crippen molar-refractivity contribution in [2.24, 2.45) is 0 Å². The van der Waals surface area contributed by atoms with E-state index >= 15 is 0 Å². The molecule has 3 heteroatoms. The minimum Gasteiger partial charge on any atom is -1.00 e. The summed E-state index contributed by atoms with van der Waals surface area (Å²) in [5.41, 5.74) is 0. The predicted octanol–water partition coefficient (Wildman–Crippen LogP) is -4.03. The molecule has 0 saturated heterocycles. The maximum Gasteiger partial charge on any atom is -1.00 e. The maximum absolute atomic E-state index is 2.32. The van der Waals surface area contributed by atoms with Crippen LogP contribution < -0.4 is 24.8 Å². The van der Waals surface area contributed by atoms with E-state index in [9.17, 15) is 0 Å². The van der Waals surface area contributed by atoms with Crippen LogP contribution in [0.4, 0.5) is 0 Å². The topological polar surface area (TPSA) is 0 Å². The van der Waals surface area contributed by atoms with E-state index in [2.05, 4.69) is 23.5 Å². The van der Waals surface area contributed by atoms with Crippen molar-refractivity contribution in [1.82, 2.24) is 0 Å². The van der Waals surface area contributed by atoms with Gasteiger partial charge in [-0.15, -0.1) is 0 Å². The molecule has 0 atom stereocenters. The summed E-state index contributed by atoms with van der Waals surface area (Å²) in [5, 5.41) is 2.32. The minimum absolute atomic E-state index is 0. The smallest absolute Gasteiger partial charge is 1.00 e. The summed E-state index contributed by atoms with van der Waals surface area (Å²) in [5.74, 6) is 0. The van der Waals surface area contributed by atoms with E-state index in [1.165, 1.54) is 6.42 Å². The third-order valence-electron chi connectivity index (χ3n) is 1.09. The van der Waals surface area contributed by atoms with Crippen molar-refractivity contribution < 1.29 is 44.0 Å². The second kappa shape index (κ2) is 6.89. The van der Waals surface area contributed by atoms with Crippen molar-refractivity contribution in [1.29, 1.82) is 0 Å². The van der Waals surface area contributed by atoms with Crippen LogP contribution in [0.15, 0.2) is 22.1 Å². The van der Waals surface area contributed by atoms with E-state index in [0.717, 1.165) is 0 Å². The van der Waals surface area contributed by atoms with Crippen LogP contribution in [0.3, 0.4) is 0 Å². The molecule has 0 aliphatic heterocycles. The largest absolute Gasteiger partial charge is 1.00 e. The van der Waals surface area contributed by atoms with Gasteiger partial charge in [0.25, 0.3) is 0 Å². The van der Waals surface area contributed by atoms with Crippen LogP contribution >= 0.6 is 0 Å². The summed E-state index contributed by atoms with van der Waals surface area (Å²) in [6, 6.07) is 0. The van der Waals surface area contributed by atoms with Crippen LogP contribution in [0.2, 0.25) is 5.23 Å². The average Bonchev–Trinajstić information content (AvgIpc) is 2.14. The number of hydrogen-bond donors (Lipinski definition) is 0. The predicted molar refractivity (Wildman–Crippen MR) is 27.7 cm³/mol. The van der Waals surface area contributed by atoms with Crippen LogP contribution in [0.5, 0.6) is 0 Å². The first-order chi connectivity index (χ1) is 3.43. The number of halogens is 2. The van der Waals surface area contributed by atoms with Gasteiger partial charge in [-0.1, -0.05) is 0 Å². The monoisotopic (exact) mass is 198 g/mol. The van der Waals surface area contributed by atoms with Crippen LogP contribution in [-0.4, -0.2) is 0 Å². The Balaban J connectivity index is 0. The molecule has 0 unspecified atom stereocenters. The van der Waals surface area contributed by atoms with Crippen molar-refractivity contribution in [2.75, 3.05) is 0 Å². The third-order valence-corrected chi connectivity index (χ3v) is 2.67. The Bertz CT molecular complexity index is 118. The van der Waals surface area contributed by atoms with Crippen LogP contribution in [0.25, 0.3) is 0 Å². The quantitative estimate of drug-likeness (QED) is 0.377. The number of hydrogen-bond acceptors (Lipinski definition) is 0. The van der Waals surface area contributed by atoms with Crippen LogP contribution in [0.1, 0.15) is 6.42 Å². The zero-order valence-corrected chi connectivity index (χ0v) is 8.27. The van der Waals surface area contributed by atoms with E-state index < -0.39 is 0 Å². The van der Waals surface area contributed by atoms with Crippen molar-refractivity contribution in [3.05, 3.63) is 22.1 Å². The van der Waals surface area contributed by atoms with Crippen LogP contribution in [0, 0.1) is 0 Å². The molecule has 0 fully saturated rings. The zero-order chi connectivity index (χ0) is 5.11. The Hall–Kier alpha value is 0.774. The summed E-state index contributed by atoms with van der Waals surface area (Å²) in [4.78, 5) is 0. The zero-order valence-electron chi connectivity index (χ0n) is 5.20. The molecule has 0 heterocycles. The molecule has 0 aromatic carbocycles. The van der Waals surface area contributed by atoms with Gasteiger partial charge < -0.3 is 24.8 Å². The van der Waals surface area contributed by atoms with Gasteiger partial charge in [0.05, 0.1) is 0 Å². The molecule has 0 aromatic rings. The molecule has 1 rings (SSSR count). The molecule has 0 aromatic heterocycles. The first-order valence-electron chi connectivity index (χ1n) is 2.47. The molecule has 0 amide bonds. The molecule has 1 aliphatic rings. The summed E-state index contributed by atoms with van der Waals surface area (Å²) in [7, 11) is 0. The fraction of sp³-hybridized carbons (Fsp3) is 0.333. The molecule has 0 saturated carbocycles. The molecule has 0 N–H and O–H groups in total. The fourth-order valence-corrected chi connectivity index (χ4v) is 1.55. The molecule has 0 bridgehead atoms. The van der Waals surface area contributed by atoms with Crippen molar-refractivity contribution in [2.45, 2.75) is 11.6 Å². The molecule has 50 valence electrons. The molecule has 9 heavy (non-hydrogen) atoms. The Morgan fingerprint density at radius 1 is 1.44 bits per heavy atom. The van der Waals surface area contributed by atoms with Gasteiger partial charge in [0.2, 0.25) is 0 Å². The third kappa shape index (κ3) is 4.21. The molecular weight excluding hydrogens is 191 g/mol. The second-order valence-corrected chi connectivity index (χ2v) is 3.36. The van der Waals surface area contributed by atoms with E-state index in [1.807, 2.05) is 0 Å². The number of allylic oxidation sites excluding steroid dienone is 4. The normalized spacial score (nSPS) is 12.8. The molecular formula is C6H8Cl2Ti. The Morgan fingerprint density at radius 3 is 2.33 bits per heavy atom. The van der Waals surface area contributed by atoms with E-state index in [-0.39, 0.29) is 24.8 Å². The average molecular weight is 199 g/mol. The molecule has 0 radical (unpaired) electrons. The first-order valence-corrected chi connectivity index (χ1v) is 4.81. The van der Waals surface area contributed by atoms with E-state index in [1.54, 1.807) is 3.88 Å². The van der Waals surface area contributed by atoms with Gasteiger partial charge in [0.1, 0.15) is 0 Å².